The Labute approximate surface area is 259 Å². The molecule has 2 aliphatic heterocycles. The van der Waals surface area contributed by atoms with Gasteiger partial charge in [-0.3, -0.25) is 0 Å². The van der Waals surface area contributed by atoms with Crippen LogP contribution in [-0.2, 0) is 37.0 Å². The van der Waals surface area contributed by atoms with E-state index >= 15 is 0 Å². The predicted octanol–water partition coefficient (Wildman–Crippen LogP) is 2.43. The third-order valence-electron chi connectivity index (χ3n) is 6.70. The number of benzene rings is 2. The predicted molar refractivity (Wildman–Crippen MR) is 157 cm³/mol. The van der Waals surface area contributed by atoms with Crippen LogP contribution in [0.15, 0.2) is 70.4 Å². The second kappa shape index (κ2) is 13.1. The molecule has 1 unspecified atom stereocenters. The number of nitro groups is 1. The number of aromatic nitrogens is 2. The molecule has 0 spiro atoms. The molecule has 3 aromatic rings. The van der Waals surface area contributed by atoms with Gasteiger partial charge < -0.3 is 0 Å². The summed E-state index contributed by atoms with van der Waals surface area (Å²) in [6.45, 7) is 1.59. The fourth-order valence-corrected chi connectivity index (χ4v) is 7.34. The molecule has 2 aromatic carbocycles. The van der Waals surface area contributed by atoms with Gasteiger partial charge in [-0.05, 0) is 5.56 Å². The van der Waals surface area contributed by atoms with Crippen molar-refractivity contribution in [2.24, 2.45) is 0 Å². The maximum absolute atomic E-state index is 13.5. The van der Waals surface area contributed by atoms with Crippen LogP contribution < -0.4 is 15.7 Å². The molecular formula is C27H26IN3O10Se. The van der Waals surface area contributed by atoms with Crippen molar-refractivity contribution in [2.75, 3.05) is 11.0 Å². The summed E-state index contributed by atoms with van der Waals surface area (Å²) in [6, 6.07) is 15.8. The van der Waals surface area contributed by atoms with Gasteiger partial charge in [0.25, 0.3) is 0 Å². The minimum absolute atomic E-state index is 0.0501. The van der Waals surface area contributed by atoms with Gasteiger partial charge in [-0.15, -0.1) is 0 Å². The maximum atomic E-state index is 13.5. The number of hydrogen-bond acceptors (Lipinski definition) is 10. The van der Waals surface area contributed by atoms with E-state index < -0.39 is 46.6 Å². The number of para-hydroxylation sites is 1. The average Bonchev–Trinajstić information content (AvgIpc) is 3.52. The van der Waals surface area contributed by atoms with Crippen LogP contribution in [-0.4, -0.2) is 64.2 Å². The molecule has 0 amide bonds. The number of hydrogen-bond donors (Lipinski definition) is 0. The van der Waals surface area contributed by atoms with E-state index in [1.165, 1.54) is 16.8 Å². The first kappa shape index (κ1) is 30.4. The quantitative estimate of drug-likeness (QED) is 0.0513. The Balaban J connectivity index is 1.35. The Kier molecular flexibility index (Phi) is 9.44. The second-order valence-electron chi connectivity index (χ2n) is 9.44. The molecule has 3 heterocycles. The molecule has 2 saturated heterocycles. The molecule has 42 heavy (non-hydrogen) atoms. The molecule has 2 fully saturated rings. The Morgan fingerprint density at radius 1 is 1.10 bits per heavy atom. The number of aryl methyl sites for hydroxylation is 1. The van der Waals surface area contributed by atoms with Crippen LogP contribution in [0.2, 0.25) is 5.32 Å². The number of fused-ring (bicyclic) bond motifs is 1. The van der Waals surface area contributed by atoms with Crippen molar-refractivity contribution in [1.29, 1.82) is 0 Å². The number of carbonyl (C=O) groups is 1. The van der Waals surface area contributed by atoms with E-state index in [2.05, 4.69) is 0 Å². The van der Waals surface area contributed by atoms with Crippen molar-refractivity contribution in [3.63, 3.8) is 0 Å². The molecule has 0 saturated carbocycles. The molecule has 2 aliphatic rings. The zero-order valence-electron chi connectivity index (χ0n) is 22.3. The van der Waals surface area contributed by atoms with Crippen molar-refractivity contribution >= 4 is 53.9 Å². The van der Waals surface area contributed by atoms with E-state index in [0.29, 0.717) is 9.78 Å². The molecule has 4 atom stereocenters. The first-order valence-electron chi connectivity index (χ1n) is 12.8. The van der Waals surface area contributed by atoms with Crippen LogP contribution in [0.25, 0.3) is 0 Å². The minimum atomic E-state index is -1.46. The van der Waals surface area contributed by atoms with Crippen LogP contribution >= 0.6 is 22.6 Å². The number of rotatable bonds is 12. The first-order chi connectivity index (χ1) is 20.2. The standard InChI is InChI=1S/C27H26IN3O10Se/c1-17-13-29(25(33)30(23(17)32)16-37-14-18-7-3-2-4-8-18)24-21-22(40-26(34)39-21)27(15-28,41-24)38-11-12-42-20-10-6-5-9-19(20)31(35)36/h2-10,13,21-22,24H,11-12,14-16H2,1H3/t21-,22?,24+,27+/m0/s1. The fraction of sp³-hybridized carbons (Fsp3) is 0.370. The van der Waals surface area contributed by atoms with Crippen LogP contribution in [0.3, 0.4) is 0 Å². The second-order valence-corrected chi connectivity index (χ2v) is 12.6. The van der Waals surface area contributed by atoms with Crippen molar-refractivity contribution in [1.82, 2.24) is 9.13 Å². The van der Waals surface area contributed by atoms with Gasteiger partial charge in [0.1, 0.15) is 0 Å². The molecule has 0 N–H and O–H groups in total. The molecule has 15 heteroatoms. The van der Waals surface area contributed by atoms with Gasteiger partial charge in [-0.1, -0.05) is 30.3 Å². The topological polar surface area (TPSA) is 150 Å². The van der Waals surface area contributed by atoms with Crippen molar-refractivity contribution in [3.8, 4) is 0 Å². The van der Waals surface area contributed by atoms with Crippen LogP contribution in [0.5, 0.6) is 0 Å². The first-order valence-corrected chi connectivity index (χ1v) is 16.4. The van der Waals surface area contributed by atoms with Gasteiger partial charge in [0, 0.05) is 0 Å². The number of nitrogens with zero attached hydrogens (tertiary/aromatic N) is 3. The van der Waals surface area contributed by atoms with Crippen LogP contribution in [0, 0.1) is 17.0 Å². The Morgan fingerprint density at radius 3 is 2.57 bits per heavy atom. The number of halogens is 1. The fourth-order valence-electron chi connectivity index (χ4n) is 4.71. The molecule has 0 aliphatic carbocycles. The average molecular weight is 758 g/mol. The normalized spacial score (nSPS) is 22.9. The summed E-state index contributed by atoms with van der Waals surface area (Å²) >= 11 is 1.76. The Morgan fingerprint density at radius 2 is 1.83 bits per heavy atom. The summed E-state index contributed by atoms with van der Waals surface area (Å²) in [5, 5.41) is 11.8. The van der Waals surface area contributed by atoms with E-state index in [4.69, 9.17) is 23.7 Å². The summed E-state index contributed by atoms with van der Waals surface area (Å²) in [5.74, 6) is -1.46. The van der Waals surface area contributed by atoms with E-state index in [9.17, 15) is 24.5 Å². The molecule has 5 rings (SSSR count). The van der Waals surface area contributed by atoms with E-state index in [1.54, 1.807) is 25.1 Å². The number of ether oxygens (including phenoxy) is 5. The summed E-state index contributed by atoms with van der Waals surface area (Å²) in [6.07, 6.45) is -2.74. The van der Waals surface area contributed by atoms with Gasteiger partial charge in [-0.2, -0.15) is 0 Å². The molecule has 222 valence electrons. The third kappa shape index (κ3) is 6.16. The Hall–Kier alpha value is -3.08. The molecule has 13 nitrogen and oxygen atoms in total. The summed E-state index contributed by atoms with van der Waals surface area (Å²) < 4.78 is 32.0. The Bertz CT molecular complexity index is 1580. The number of alkyl halides is 1. The molecule has 1 aromatic heterocycles. The zero-order valence-corrected chi connectivity index (χ0v) is 26.1. The van der Waals surface area contributed by atoms with Crippen molar-refractivity contribution < 1.29 is 33.4 Å². The van der Waals surface area contributed by atoms with Gasteiger partial charge in [0.05, 0.1) is 0 Å². The number of carbonyl (C=O) groups excluding carboxylic acids is 1. The third-order valence-corrected chi connectivity index (χ3v) is 9.92. The van der Waals surface area contributed by atoms with E-state index in [-0.39, 0.29) is 50.6 Å². The SMILES string of the molecule is Cc1cn([C@@H]2O[C@@](CI)(OCC[Se]c3ccccc3[N+](=O)[O-])C3OC(=O)O[C@@H]32)c(=O)n(COCc2ccccc2)c1=O. The molecule has 0 bridgehead atoms. The van der Waals surface area contributed by atoms with Gasteiger partial charge in [0.2, 0.25) is 0 Å². The zero-order chi connectivity index (χ0) is 29.9. The summed E-state index contributed by atoms with van der Waals surface area (Å²) in [5.41, 5.74) is -0.0540. The van der Waals surface area contributed by atoms with Gasteiger partial charge >= 0.3 is 224 Å². The van der Waals surface area contributed by atoms with E-state index in [1.807, 2.05) is 52.9 Å². The van der Waals surface area contributed by atoms with Crippen LogP contribution in [0.4, 0.5) is 10.5 Å². The monoisotopic (exact) mass is 759 g/mol. The van der Waals surface area contributed by atoms with Gasteiger partial charge in [0.15, 0.2) is 0 Å². The van der Waals surface area contributed by atoms with Crippen LogP contribution in [0.1, 0.15) is 17.4 Å². The van der Waals surface area contributed by atoms with Crippen molar-refractivity contribution in [3.05, 3.63) is 103 Å². The van der Waals surface area contributed by atoms with E-state index in [0.717, 1.165) is 10.1 Å². The summed E-state index contributed by atoms with van der Waals surface area (Å²) in [4.78, 5) is 49.6. The number of nitro benzene ring substituents is 1. The summed E-state index contributed by atoms with van der Waals surface area (Å²) in [7, 11) is 0. The van der Waals surface area contributed by atoms with Crippen molar-refractivity contribution in [2.45, 2.75) is 49.8 Å². The molecule has 0 radical (unpaired) electrons. The molecular weight excluding hydrogens is 732 g/mol. The van der Waals surface area contributed by atoms with Gasteiger partial charge in [-0.25, -0.2) is 0 Å².